The van der Waals surface area contributed by atoms with E-state index < -0.39 is 20.0 Å². The summed E-state index contributed by atoms with van der Waals surface area (Å²) >= 11 is 0. The molecule has 0 aliphatic rings. The Morgan fingerprint density at radius 3 is 1.16 bits per heavy atom. The molecule has 3 atom stereocenters. The van der Waals surface area contributed by atoms with Gasteiger partial charge in [-0.15, -0.1) is 0 Å². The number of phosphoric ester groups is 1. The van der Waals surface area contributed by atoms with E-state index in [0.29, 0.717) is 17.4 Å². The number of hydrogen-bond acceptors (Lipinski definition) is 5. The number of quaternary nitrogens is 1. The predicted octanol–water partition coefficient (Wildman–Crippen LogP) is 20.9. The number of rotatable bonds is 60. The molecule has 0 saturated carbocycles. The average Bonchev–Trinajstić information content (AvgIpc) is 3.42. The monoisotopic (exact) mass is 1120 g/mol. The van der Waals surface area contributed by atoms with Crippen LogP contribution < -0.4 is 5.32 Å². The Morgan fingerprint density at radius 2 is 0.772 bits per heavy atom. The van der Waals surface area contributed by atoms with Gasteiger partial charge in [0.05, 0.1) is 39.9 Å². The van der Waals surface area contributed by atoms with E-state index in [1.54, 1.807) is 6.08 Å². The number of unbranched alkanes of at least 4 members (excludes halogenated alkanes) is 33. The molecule has 0 radical (unpaired) electrons. The van der Waals surface area contributed by atoms with E-state index in [4.69, 9.17) is 9.05 Å². The normalized spacial score (nSPS) is 14.4. The van der Waals surface area contributed by atoms with Gasteiger partial charge in [-0.2, -0.15) is 0 Å². The molecule has 0 fully saturated rings. The van der Waals surface area contributed by atoms with Crippen molar-refractivity contribution in [3.8, 4) is 0 Å². The number of likely N-dealkylation sites (N-methyl/N-ethyl adjacent to an activating group) is 1. The van der Waals surface area contributed by atoms with Crippen molar-refractivity contribution in [1.82, 2.24) is 5.32 Å². The number of nitrogens with one attached hydrogen (secondary N) is 1. The minimum Gasteiger partial charge on any atom is -0.387 e. The summed E-state index contributed by atoms with van der Waals surface area (Å²) in [5.41, 5.74) is 0. The maximum atomic E-state index is 13.0. The van der Waals surface area contributed by atoms with E-state index in [-0.39, 0.29) is 19.1 Å². The number of phosphoric acid groups is 1. The minimum absolute atomic E-state index is 0.0547. The molecule has 0 aliphatic heterocycles. The molecule has 0 aromatic rings. The van der Waals surface area contributed by atoms with Gasteiger partial charge in [0.2, 0.25) is 5.91 Å². The van der Waals surface area contributed by atoms with Crippen molar-refractivity contribution in [1.29, 1.82) is 0 Å². The summed E-state index contributed by atoms with van der Waals surface area (Å²) in [7, 11) is 1.56. The lowest BCUT2D eigenvalue weighted by Gasteiger charge is -2.25. The van der Waals surface area contributed by atoms with Gasteiger partial charge in [0, 0.05) is 6.42 Å². The lowest BCUT2D eigenvalue weighted by atomic mass is 10.0. The van der Waals surface area contributed by atoms with Gasteiger partial charge < -0.3 is 19.8 Å². The molecule has 0 aromatic carbocycles. The van der Waals surface area contributed by atoms with Crippen LogP contribution in [0.25, 0.3) is 0 Å². The van der Waals surface area contributed by atoms with Gasteiger partial charge in [0.15, 0.2) is 0 Å². The zero-order valence-corrected chi connectivity index (χ0v) is 53.2. The Labute approximate surface area is 489 Å². The van der Waals surface area contributed by atoms with Crippen molar-refractivity contribution in [2.75, 3.05) is 40.9 Å². The van der Waals surface area contributed by atoms with Crippen molar-refractivity contribution < 1.29 is 32.9 Å². The molecule has 3 N–H and O–H groups in total. The zero-order chi connectivity index (χ0) is 57.7. The largest absolute Gasteiger partial charge is 0.472 e. The van der Waals surface area contributed by atoms with Crippen LogP contribution in [0.15, 0.2) is 97.2 Å². The summed E-state index contributed by atoms with van der Waals surface area (Å²) in [6.07, 6.45) is 86.9. The Bertz CT molecular complexity index is 1610. The van der Waals surface area contributed by atoms with Crippen LogP contribution >= 0.6 is 7.82 Å². The molecule has 3 unspecified atom stereocenters. The second-order valence-corrected chi connectivity index (χ2v) is 24.9. The first-order valence-electron chi connectivity index (χ1n) is 33.1. The summed E-state index contributed by atoms with van der Waals surface area (Å²) < 4.78 is 23.7. The van der Waals surface area contributed by atoms with Gasteiger partial charge in [-0.3, -0.25) is 13.8 Å². The van der Waals surface area contributed by atoms with Crippen molar-refractivity contribution in [3.05, 3.63) is 97.2 Å². The summed E-state index contributed by atoms with van der Waals surface area (Å²) in [5, 5.41) is 13.9. The molecule has 0 saturated heterocycles. The van der Waals surface area contributed by atoms with E-state index in [1.165, 1.54) is 193 Å². The zero-order valence-electron chi connectivity index (χ0n) is 52.3. The Hall–Kier alpha value is -2.58. The topological polar surface area (TPSA) is 105 Å². The molecule has 8 nitrogen and oxygen atoms in total. The third kappa shape index (κ3) is 62.9. The lowest BCUT2D eigenvalue weighted by Crippen LogP contribution is -2.45. The molecule has 1 amide bonds. The molecule has 0 heterocycles. The molecule has 458 valence electrons. The van der Waals surface area contributed by atoms with E-state index in [0.717, 1.165) is 77.0 Å². The molecule has 9 heteroatoms. The van der Waals surface area contributed by atoms with E-state index in [2.05, 4.69) is 104 Å². The maximum absolute atomic E-state index is 13.0. The number of aliphatic hydroxyl groups is 1. The first-order chi connectivity index (χ1) is 38.5. The second-order valence-electron chi connectivity index (χ2n) is 23.5. The first kappa shape index (κ1) is 76.4. The highest BCUT2D eigenvalue weighted by molar-refractivity contribution is 7.47. The number of amides is 1. The maximum Gasteiger partial charge on any atom is 0.472 e. The fourth-order valence-corrected chi connectivity index (χ4v) is 10.2. The Balaban J connectivity index is 4.01. The Kier molecular flexibility index (Phi) is 58.1. The number of allylic oxidation sites excluding steroid dienone is 15. The summed E-state index contributed by atoms with van der Waals surface area (Å²) in [5.74, 6) is -0.185. The predicted molar refractivity (Wildman–Crippen MR) is 346 cm³/mol. The van der Waals surface area contributed by atoms with Crippen LogP contribution in [-0.2, 0) is 18.4 Å². The molecular formula is C70H128N2O6P+. The number of aliphatic hydroxyl groups excluding tert-OH is 1. The van der Waals surface area contributed by atoms with E-state index >= 15 is 0 Å². The van der Waals surface area contributed by atoms with Crippen LogP contribution in [0.4, 0.5) is 0 Å². The highest BCUT2D eigenvalue weighted by Gasteiger charge is 2.27. The molecular weight excluding hydrogens is 996 g/mol. The number of hydrogen-bond donors (Lipinski definition) is 3. The van der Waals surface area contributed by atoms with Crippen LogP contribution in [0.1, 0.15) is 290 Å². The molecule has 79 heavy (non-hydrogen) atoms. The number of nitrogens with zero attached hydrogens (tertiary/aromatic N) is 1. The van der Waals surface area contributed by atoms with E-state index in [1.807, 2.05) is 27.2 Å². The fraction of sp³-hybridized carbons (Fsp3) is 0.757. The highest BCUT2D eigenvalue weighted by Crippen LogP contribution is 2.43. The molecule has 0 rings (SSSR count). The molecule has 0 bridgehead atoms. The summed E-state index contributed by atoms with van der Waals surface area (Å²) in [6, 6.07) is -0.866. The minimum atomic E-state index is -4.36. The summed E-state index contributed by atoms with van der Waals surface area (Å²) in [4.78, 5) is 23.4. The quantitative estimate of drug-likeness (QED) is 0.0243. The van der Waals surface area contributed by atoms with Gasteiger partial charge in [-0.25, -0.2) is 4.57 Å². The van der Waals surface area contributed by atoms with Gasteiger partial charge in [0.25, 0.3) is 0 Å². The van der Waals surface area contributed by atoms with Crippen molar-refractivity contribution in [2.24, 2.45) is 0 Å². The van der Waals surface area contributed by atoms with Crippen molar-refractivity contribution in [2.45, 2.75) is 302 Å². The van der Waals surface area contributed by atoms with Gasteiger partial charge in [0.1, 0.15) is 13.2 Å². The Morgan fingerprint density at radius 1 is 0.443 bits per heavy atom. The smallest absolute Gasteiger partial charge is 0.387 e. The third-order valence-corrected chi connectivity index (χ3v) is 15.5. The highest BCUT2D eigenvalue weighted by atomic mass is 31.2. The molecule has 0 aliphatic carbocycles. The fourth-order valence-electron chi connectivity index (χ4n) is 9.42. The summed E-state index contributed by atoms with van der Waals surface area (Å²) in [6.45, 7) is 4.70. The standard InChI is InChI=1S/C70H127N2O6P/c1-6-8-10-12-14-16-18-20-22-24-26-27-28-29-30-31-32-33-34-35-36-37-38-39-40-41-42-43-44-45-46-48-50-52-54-56-58-60-62-64-70(74)71-68(67-78-79(75,76)77-66-65-72(3,4)5)69(73)63-61-59-57-55-53-51-49-47-25-23-21-19-17-15-13-11-9-7-2/h8,10,14,16,20,22,26-27,29-30,32-33,53,55,61,63,68-69,73H,6-7,9,11-13,15,17-19,21,23-25,28,31,34-52,54,56-60,62,64-67H2,1-5H3,(H-,71,74,75,76)/p+1/b10-8-,16-14-,22-20-,27-26-,30-29-,33-32-,55-53+,63-61+. The molecule has 0 aromatic heterocycles. The van der Waals surface area contributed by atoms with Gasteiger partial charge >= 0.3 is 7.82 Å². The first-order valence-corrected chi connectivity index (χ1v) is 34.6. The van der Waals surface area contributed by atoms with Crippen LogP contribution in [0.2, 0.25) is 0 Å². The van der Waals surface area contributed by atoms with Crippen LogP contribution in [0.5, 0.6) is 0 Å². The van der Waals surface area contributed by atoms with Crippen molar-refractivity contribution in [3.63, 3.8) is 0 Å². The van der Waals surface area contributed by atoms with Crippen LogP contribution in [0.3, 0.4) is 0 Å². The van der Waals surface area contributed by atoms with E-state index in [9.17, 15) is 19.4 Å². The number of carbonyl (C=O) groups is 1. The third-order valence-electron chi connectivity index (χ3n) is 14.5. The number of carbonyl (C=O) groups excluding carboxylic acids is 1. The second kappa shape index (κ2) is 60.0. The van der Waals surface area contributed by atoms with Crippen molar-refractivity contribution >= 4 is 13.7 Å². The molecule has 0 spiro atoms. The lowest BCUT2D eigenvalue weighted by molar-refractivity contribution is -0.870. The van der Waals surface area contributed by atoms with Gasteiger partial charge in [-0.05, 0) is 83.5 Å². The SMILES string of the molecule is CC/C=C\C/C=C\C/C=C\C/C=C\C/C=C\C/C=C\CCCCCCCCCCCCCCCCCCCCCCC(=O)NC(COP(=O)(O)OCC[N+](C)(C)C)C(O)/C=C/CC/C=C/CCCCCCCCCCCCCC. The van der Waals surface area contributed by atoms with Crippen LogP contribution in [0, 0.1) is 0 Å². The van der Waals surface area contributed by atoms with Crippen LogP contribution in [-0.4, -0.2) is 73.4 Å². The van der Waals surface area contributed by atoms with Gasteiger partial charge in [-0.1, -0.05) is 297 Å². The average molecular weight is 1120 g/mol.